The summed E-state index contributed by atoms with van der Waals surface area (Å²) in [7, 11) is 0. The summed E-state index contributed by atoms with van der Waals surface area (Å²) in [4.78, 5) is 5.90. The molecule has 4 rings (SSSR count). The van der Waals surface area contributed by atoms with E-state index in [9.17, 15) is 0 Å². The molecule has 0 bridgehead atoms. The second kappa shape index (κ2) is 4.71. The minimum Gasteiger partial charge on any atom is -0.390 e. The molecule has 3 heteroatoms. The van der Waals surface area contributed by atoms with E-state index in [0.29, 0.717) is 5.92 Å². The maximum atomic E-state index is 6.33. The van der Waals surface area contributed by atoms with Gasteiger partial charge >= 0.3 is 0 Å². The molecule has 2 heterocycles. The largest absolute Gasteiger partial charge is 0.390 e. The van der Waals surface area contributed by atoms with Gasteiger partial charge in [-0.1, -0.05) is 37.3 Å². The summed E-state index contributed by atoms with van der Waals surface area (Å²) in [5.74, 6) is 0.545. The van der Waals surface area contributed by atoms with E-state index in [1.54, 1.807) is 11.3 Å². The molecule has 2 aromatic heterocycles. The Labute approximate surface area is 128 Å². The smallest absolute Gasteiger partial charge is 0.0961 e. The first-order valence-corrected chi connectivity index (χ1v) is 7.99. The number of hydrogen-bond donors (Lipinski definition) is 1. The minimum absolute atomic E-state index is 0.545. The van der Waals surface area contributed by atoms with Crippen LogP contribution in [0.1, 0.15) is 23.3 Å². The van der Waals surface area contributed by atoms with Gasteiger partial charge in [0.15, 0.2) is 0 Å². The Hall–Kier alpha value is -2.13. The number of anilines is 1. The lowest BCUT2D eigenvalue weighted by Crippen LogP contribution is -2.06. The number of nitrogens with zero attached hydrogens (tertiary/aromatic N) is 1. The third-order valence-electron chi connectivity index (χ3n) is 4.18. The molecule has 21 heavy (non-hydrogen) atoms. The molecule has 3 aromatic rings. The van der Waals surface area contributed by atoms with Crippen LogP contribution in [0, 0.1) is 0 Å². The Bertz CT molecular complexity index is 805. The normalized spacial score (nSPS) is 16.3. The first-order chi connectivity index (χ1) is 10.3. The van der Waals surface area contributed by atoms with Gasteiger partial charge in [-0.3, -0.25) is 4.98 Å². The Morgan fingerprint density at radius 2 is 1.90 bits per heavy atom. The summed E-state index contributed by atoms with van der Waals surface area (Å²) in [6.45, 7) is 2.29. The van der Waals surface area contributed by atoms with Crippen LogP contribution in [0.15, 0.2) is 48.7 Å². The van der Waals surface area contributed by atoms with Gasteiger partial charge < -0.3 is 5.73 Å². The van der Waals surface area contributed by atoms with Crippen molar-refractivity contribution in [1.82, 2.24) is 4.98 Å². The molecule has 0 saturated carbocycles. The predicted octanol–water partition coefficient (Wildman–Crippen LogP) is 4.72. The van der Waals surface area contributed by atoms with E-state index in [2.05, 4.69) is 36.2 Å². The Balaban J connectivity index is 2.03. The van der Waals surface area contributed by atoms with Crippen LogP contribution in [0.3, 0.4) is 0 Å². The summed E-state index contributed by atoms with van der Waals surface area (Å²) in [5.41, 5.74) is 12.4. The highest BCUT2D eigenvalue weighted by Gasteiger charge is 2.28. The van der Waals surface area contributed by atoms with Crippen LogP contribution in [0.5, 0.6) is 0 Å². The molecular formula is C18H16N2S. The van der Waals surface area contributed by atoms with Gasteiger partial charge in [-0.2, -0.15) is 0 Å². The molecule has 0 amide bonds. The fraction of sp³-hybridized carbons (Fsp3) is 0.167. The van der Waals surface area contributed by atoms with E-state index in [0.717, 1.165) is 22.7 Å². The monoisotopic (exact) mass is 292 g/mol. The molecule has 1 atom stereocenters. The molecule has 0 fully saturated rings. The molecule has 1 unspecified atom stereocenters. The number of hydrogen-bond acceptors (Lipinski definition) is 3. The number of nitrogens with two attached hydrogens (primary N) is 1. The van der Waals surface area contributed by atoms with Crippen LogP contribution in [0.2, 0.25) is 0 Å². The summed E-state index contributed by atoms with van der Waals surface area (Å²) >= 11 is 1.72. The lowest BCUT2D eigenvalue weighted by atomic mass is 9.81. The second-order valence-corrected chi connectivity index (χ2v) is 6.68. The zero-order valence-electron chi connectivity index (χ0n) is 11.8. The lowest BCUT2D eigenvalue weighted by Gasteiger charge is -2.23. The van der Waals surface area contributed by atoms with Gasteiger partial charge in [-0.05, 0) is 35.6 Å². The molecule has 0 radical (unpaired) electrons. The Kier molecular flexibility index (Phi) is 2.82. The average Bonchev–Trinajstić information content (AvgIpc) is 2.84. The third kappa shape index (κ3) is 1.88. The topological polar surface area (TPSA) is 38.9 Å². The number of fused-ring (bicyclic) bond motifs is 3. The van der Waals surface area contributed by atoms with Gasteiger partial charge in [0.1, 0.15) is 0 Å². The molecule has 2 nitrogen and oxygen atoms in total. The summed E-state index contributed by atoms with van der Waals surface area (Å²) in [6.07, 6.45) is 2.89. The van der Waals surface area contributed by atoms with Crippen LogP contribution in [0.4, 0.5) is 5.00 Å². The highest BCUT2D eigenvalue weighted by atomic mass is 32.1. The zero-order chi connectivity index (χ0) is 14.4. The molecule has 1 aliphatic rings. The zero-order valence-corrected chi connectivity index (χ0v) is 12.7. The van der Waals surface area contributed by atoms with Crippen molar-refractivity contribution in [1.29, 1.82) is 0 Å². The minimum atomic E-state index is 0.545. The number of rotatable bonds is 1. The predicted molar refractivity (Wildman–Crippen MR) is 89.5 cm³/mol. The van der Waals surface area contributed by atoms with E-state index in [4.69, 9.17) is 5.73 Å². The summed E-state index contributed by atoms with van der Waals surface area (Å²) < 4.78 is 0. The van der Waals surface area contributed by atoms with Crippen molar-refractivity contribution in [3.05, 3.63) is 59.1 Å². The van der Waals surface area contributed by atoms with E-state index < -0.39 is 0 Å². The maximum absolute atomic E-state index is 6.33. The maximum Gasteiger partial charge on any atom is 0.0961 e. The van der Waals surface area contributed by atoms with Crippen LogP contribution in [-0.2, 0) is 6.42 Å². The van der Waals surface area contributed by atoms with Gasteiger partial charge in [-0.25, -0.2) is 0 Å². The van der Waals surface area contributed by atoms with Gasteiger partial charge in [0, 0.05) is 22.2 Å². The second-order valence-electron chi connectivity index (χ2n) is 5.55. The van der Waals surface area contributed by atoms with Crippen LogP contribution in [-0.4, -0.2) is 4.98 Å². The van der Waals surface area contributed by atoms with Gasteiger partial charge in [0.05, 0.1) is 10.7 Å². The fourth-order valence-electron chi connectivity index (χ4n) is 3.23. The van der Waals surface area contributed by atoms with Gasteiger partial charge in [-0.15, -0.1) is 11.3 Å². The third-order valence-corrected chi connectivity index (χ3v) is 5.22. The number of thiophene rings is 1. The van der Waals surface area contributed by atoms with E-state index >= 15 is 0 Å². The molecule has 0 aliphatic heterocycles. The van der Waals surface area contributed by atoms with Crippen molar-refractivity contribution in [3.63, 3.8) is 0 Å². The molecule has 0 saturated heterocycles. The van der Waals surface area contributed by atoms with Crippen molar-refractivity contribution >= 4 is 16.3 Å². The lowest BCUT2D eigenvalue weighted by molar-refractivity contribution is 0.760. The van der Waals surface area contributed by atoms with Gasteiger partial charge in [0.25, 0.3) is 0 Å². The van der Waals surface area contributed by atoms with E-state index in [1.807, 2.05) is 24.4 Å². The number of nitrogen functional groups attached to an aromatic ring is 1. The standard InChI is InChI=1S/C18H16N2S/c1-11-10-15-16(13-7-3-2-6-12(11)13)17(18(19)21-15)14-8-4-5-9-20-14/h2-9,11H,10,19H2,1H3. The first kappa shape index (κ1) is 12.6. The highest BCUT2D eigenvalue weighted by molar-refractivity contribution is 7.17. The first-order valence-electron chi connectivity index (χ1n) is 7.17. The Morgan fingerprint density at radius 3 is 2.71 bits per heavy atom. The molecule has 2 N–H and O–H groups in total. The van der Waals surface area contributed by atoms with E-state index in [1.165, 1.54) is 21.6 Å². The molecule has 104 valence electrons. The molecule has 0 spiro atoms. The van der Waals surface area contributed by atoms with Crippen LogP contribution in [0.25, 0.3) is 22.4 Å². The van der Waals surface area contributed by atoms with Crippen LogP contribution >= 0.6 is 11.3 Å². The fourth-order valence-corrected chi connectivity index (χ4v) is 4.45. The SMILES string of the molecule is CC1Cc2sc(N)c(-c3ccccn3)c2-c2ccccc21. The average molecular weight is 292 g/mol. The molecular weight excluding hydrogens is 276 g/mol. The molecule has 1 aliphatic carbocycles. The van der Waals surface area contributed by atoms with Gasteiger partial charge in [0.2, 0.25) is 0 Å². The van der Waals surface area contributed by atoms with Crippen molar-refractivity contribution in [2.75, 3.05) is 5.73 Å². The summed E-state index contributed by atoms with van der Waals surface area (Å²) in [5, 5.41) is 0.877. The van der Waals surface area contributed by atoms with Crippen molar-refractivity contribution in [2.45, 2.75) is 19.3 Å². The number of pyridine rings is 1. The Morgan fingerprint density at radius 1 is 1.10 bits per heavy atom. The van der Waals surface area contributed by atoms with Crippen molar-refractivity contribution < 1.29 is 0 Å². The molecule has 1 aromatic carbocycles. The number of benzene rings is 1. The number of aromatic nitrogens is 1. The van der Waals surface area contributed by atoms with Crippen molar-refractivity contribution in [2.24, 2.45) is 0 Å². The summed E-state index contributed by atoms with van der Waals surface area (Å²) in [6, 6.07) is 14.7. The van der Waals surface area contributed by atoms with Crippen molar-refractivity contribution in [3.8, 4) is 22.4 Å². The quantitative estimate of drug-likeness (QED) is 0.705. The highest BCUT2D eigenvalue weighted by Crippen LogP contribution is 2.50. The van der Waals surface area contributed by atoms with Crippen LogP contribution < -0.4 is 5.73 Å². The van der Waals surface area contributed by atoms with E-state index in [-0.39, 0.29) is 0 Å².